The van der Waals surface area contributed by atoms with Crippen molar-refractivity contribution >= 4 is 0 Å². The van der Waals surface area contributed by atoms with Gasteiger partial charge in [0.1, 0.15) is 0 Å². The predicted octanol–water partition coefficient (Wildman–Crippen LogP) is 3.00. The average Bonchev–Trinajstić information content (AvgIpc) is 2.42. The Bertz CT molecular complexity index is 365. The van der Waals surface area contributed by atoms with Crippen LogP contribution in [0.1, 0.15) is 38.7 Å². The molecular weight excluding hydrogens is 234 g/mol. The van der Waals surface area contributed by atoms with Gasteiger partial charge in [-0.1, -0.05) is 44.2 Å². The molecule has 0 aliphatic heterocycles. The Hall–Kier alpha value is -0.860. The molecule has 106 valence electrons. The standard InChI is InChI=1S/C17H27NO/c1-13-8-9-17(14(2)10-13)18-16(12-19)11-15-6-4-3-5-7-15/h3-7,13-14,16-19H,8-12H2,1-2H3/t13?,14?,16-,17?/m1/s1. The fourth-order valence-electron chi connectivity index (χ4n) is 3.29. The first kappa shape index (κ1) is 14.5. The summed E-state index contributed by atoms with van der Waals surface area (Å²) >= 11 is 0. The summed E-state index contributed by atoms with van der Waals surface area (Å²) in [5.74, 6) is 1.57. The first-order valence-corrected chi connectivity index (χ1v) is 7.60. The third kappa shape index (κ3) is 4.32. The Kier molecular flexibility index (Phi) is 5.41. The van der Waals surface area contributed by atoms with Crippen molar-refractivity contribution in [2.24, 2.45) is 11.8 Å². The highest BCUT2D eigenvalue weighted by Gasteiger charge is 2.26. The number of aliphatic hydroxyl groups is 1. The van der Waals surface area contributed by atoms with Crippen molar-refractivity contribution in [3.05, 3.63) is 35.9 Å². The number of hydrogen-bond acceptors (Lipinski definition) is 2. The van der Waals surface area contributed by atoms with Gasteiger partial charge in [-0.25, -0.2) is 0 Å². The minimum absolute atomic E-state index is 0.184. The number of nitrogens with one attached hydrogen (secondary N) is 1. The fourth-order valence-corrected chi connectivity index (χ4v) is 3.29. The summed E-state index contributed by atoms with van der Waals surface area (Å²) in [6.45, 7) is 4.90. The molecule has 0 amide bonds. The molecule has 0 spiro atoms. The zero-order valence-electron chi connectivity index (χ0n) is 12.2. The summed E-state index contributed by atoms with van der Waals surface area (Å²) in [7, 11) is 0. The van der Waals surface area contributed by atoms with E-state index in [4.69, 9.17) is 0 Å². The van der Waals surface area contributed by atoms with E-state index in [0.29, 0.717) is 12.0 Å². The fraction of sp³-hybridized carbons (Fsp3) is 0.647. The van der Waals surface area contributed by atoms with Crippen LogP contribution in [0.3, 0.4) is 0 Å². The van der Waals surface area contributed by atoms with Gasteiger partial charge in [-0.05, 0) is 43.1 Å². The highest BCUT2D eigenvalue weighted by Crippen LogP contribution is 2.29. The van der Waals surface area contributed by atoms with Gasteiger partial charge in [0.2, 0.25) is 0 Å². The molecule has 1 fully saturated rings. The Morgan fingerprint density at radius 3 is 2.58 bits per heavy atom. The molecule has 2 heteroatoms. The summed E-state index contributed by atoms with van der Waals surface area (Å²) in [6, 6.07) is 11.2. The molecule has 0 aromatic heterocycles. The lowest BCUT2D eigenvalue weighted by molar-refractivity contribution is 0.176. The Balaban J connectivity index is 1.88. The van der Waals surface area contributed by atoms with E-state index in [1.165, 1.54) is 24.8 Å². The van der Waals surface area contributed by atoms with Crippen LogP contribution in [0, 0.1) is 11.8 Å². The molecule has 4 atom stereocenters. The van der Waals surface area contributed by atoms with E-state index >= 15 is 0 Å². The maximum atomic E-state index is 9.59. The van der Waals surface area contributed by atoms with Crippen LogP contribution in [0.2, 0.25) is 0 Å². The summed E-state index contributed by atoms with van der Waals surface area (Å²) in [6.07, 6.45) is 4.77. The lowest BCUT2D eigenvalue weighted by atomic mass is 9.79. The van der Waals surface area contributed by atoms with Crippen molar-refractivity contribution < 1.29 is 5.11 Å². The van der Waals surface area contributed by atoms with Crippen LogP contribution in [0.15, 0.2) is 30.3 Å². The normalized spacial score (nSPS) is 29.1. The SMILES string of the molecule is CC1CCC(N[C@@H](CO)Cc2ccccc2)C(C)C1. The summed E-state index contributed by atoms with van der Waals surface area (Å²) in [5, 5.41) is 13.3. The zero-order valence-corrected chi connectivity index (χ0v) is 12.2. The van der Waals surface area contributed by atoms with Gasteiger partial charge in [0, 0.05) is 12.1 Å². The maximum Gasteiger partial charge on any atom is 0.0587 e. The number of benzene rings is 1. The molecule has 1 aromatic carbocycles. The highest BCUT2D eigenvalue weighted by atomic mass is 16.3. The van der Waals surface area contributed by atoms with Gasteiger partial charge >= 0.3 is 0 Å². The molecule has 1 saturated carbocycles. The summed E-state index contributed by atoms with van der Waals surface area (Å²) in [4.78, 5) is 0. The molecular formula is C17H27NO. The van der Waals surface area contributed by atoms with Crippen LogP contribution >= 0.6 is 0 Å². The Labute approximate surface area is 117 Å². The topological polar surface area (TPSA) is 32.3 Å². The molecule has 0 saturated heterocycles. The quantitative estimate of drug-likeness (QED) is 0.854. The molecule has 19 heavy (non-hydrogen) atoms. The van der Waals surface area contributed by atoms with E-state index in [-0.39, 0.29) is 12.6 Å². The molecule has 0 heterocycles. The van der Waals surface area contributed by atoms with Crippen LogP contribution < -0.4 is 5.32 Å². The molecule has 0 radical (unpaired) electrons. The maximum absolute atomic E-state index is 9.59. The van der Waals surface area contributed by atoms with Gasteiger partial charge in [0.25, 0.3) is 0 Å². The van der Waals surface area contributed by atoms with Crippen molar-refractivity contribution in [3.63, 3.8) is 0 Å². The molecule has 3 unspecified atom stereocenters. The minimum Gasteiger partial charge on any atom is -0.395 e. The molecule has 2 rings (SSSR count). The zero-order chi connectivity index (χ0) is 13.7. The van der Waals surface area contributed by atoms with Crippen LogP contribution in [0.5, 0.6) is 0 Å². The Morgan fingerprint density at radius 1 is 1.21 bits per heavy atom. The van der Waals surface area contributed by atoms with Crippen molar-refractivity contribution in [2.45, 2.75) is 51.6 Å². The van der Waals surface area contributed by atoms with Crippen molar-refractivity contribution in [2.75, 3.05) is 6.61 Å². The van der Waals surface area contributed by atoms with Gasteiger partial charge in [-0.3, -0.25) is 0 Å². The molecule has 0 bridgehead atoms. The van der Waals surface area contributed by atoms with Crippen LogP contribution in [-0.4, -0.2) is 23.8 Å². The monoisotopic (exact) mass is 261 g/mol. The third-order valence-electron chi connectivity index (χ3n) is 4.43. The van der Waals surface area contributed by atoms with E-state index in [2.05, 4.69) is 43.4 Å². The highest BCUT2D eigenvalue weighted by molar-refractivity contribution is 5.16. The number of rotatable bonds is 5. The predicted molar refractivity (Wildman–Crippen MR) is 80.1 cm³/mol. The van der Waals surface area contributed by atoms with E-state index in [0.717, 1.165) is 12.3 Å². The number of aliphatic hydroxyl groups excluding tert-OH is 1. The molecule has 1 aliphatic rings. The summed E-state index contributed by atoms with van der Waals surface area (Å²) < 4.78 is 0. The first-order valence-electron chi connectivity index (χ1n) is 7.60. The van der Waals surface area contributed by atoms with Crippen molar-refractivity contribution in [1.82, 2.24) is 5.32 Å². The van der Waals surface area contributed by atoms with Gasteiger partial charge in [-0.2, -0.15) is 0 Å². The second-order valence-electron chi connectivity index (χ2n) is 6.24. The van der Waals surface area contributed by atoms with E-state index in [1.54, 1.807) is 0 Å². The van der Waals surface area contributed by atoms with Gasteiger partial charge in [0.15, 0.2) is 0 Å². The van der Waals surface area contributed by atoms with E-state index in [9.17, 15) is 5.11 Å². The second kappa shape index (κ2) is 7.06. The van der Waals surface area contributed by atoms with Crippen LogP contribution in [0.4, 0.5) is 0 Å². The minimum atomic E-state index is 0.184. The van der Waals surface area contributed by atoms with Gasteiger partial charge in [-0.15, -0.1) is 0 Å². The van der Waals surface area contributed by atoms with E-state index in [1.807, 2.05) is 6.07 Å². The second-order valence-corrected chi connectivity index (χ2v) is 6.24. The average molecular weight is 261 g/mol. The van der Waals surface area contributed by atoms with E-state index < -0.39 is 0 Å². The molecule has 2 N–H and O–H groups in total. The van der Waals surface area contributed by atoms with Gasteiger partial charge in [0.05, 0.1) is 6.61 Å². The largest absolute Gasteiger partial charge is 0.395 e. The molecule has 1 aliphatic carbocycles. The smallest absolute Gasteiger partial charge is 0.0587 e. The third-order valence-corrected chi connectivity index (χ3v) is 4.43. The van der Waals surface area contributed by atoms with Crippen molar-refractivity contribution in [1.29, 1.82) is 0 Å². The van der Waals surface area contributed by atoms with Crippen LogP contribution in [-0.2, 0) is 6.42 Å². The number of hydrogen-bond donors (Lipinski definition) is 2. The van der Waals surface area contributed by atoms with Crippen LogP contribution in [0.25, 0.3) is 0 Å². The van der Waals surface area contributed by atoms with Gasteiger partial charge < -0.3 is 10.4 Å². The summed E-state index contributed by atoms with van der Waals surface area (Å²) in [5.41, 5.74) is 1.30. The lowest BCUT2D eigenvalue weighted by Gasteiger charge is -2.35. The molecule has 2 nitrogen and oxygen atoms in total. The molecule has 1 aromatic rings. The lowest BCUT2D eigenvalue weighted by Crippen LogP contribution is -2.47. The first-order chi connectivity index (χ1) is 9.19. The Morgan fingerprint density at radius 2 is 1.95 bits per heavy atom. The van der Waals surface area contributed by atoms with Crippen molar-refractivity contribution in [3.8, 4) is 0 Å².